The zero-order valence-electron chi connectivity index (χ0n) is 8.03. The molecule has 1 aliphatic carbocycles. The van der Waals surface area contributed by atoms with Crippen LogP contribution in [-0.2, 0) is 0 Å². The third-order valence-corrected chi connectivity index (χ3v) is 3.28. The van der Waals surface area contributed by atoms with Crippen molar-refractivity contribution in [1.82, 2.24) is 10.6 Å². The van der Waals surface area contributed by atoms with Crippen LogP contribution >= 0.6 is 0 Å². The number of hydrogen-bond donors (Lipinski definition) is 2. The third-order valence-electron chi connectivity index (χ3n) is 3.28. The lowest BCUT2D eigenvalue weighted by Gasteiger charge is -2.40. The molecule has 0 aromatic carbocycles. The lowest BCUT2D eigenvalue weighted by Crippen LogP contribution is -2.57. The Morgan fingerprint density at radius 2 is 2.00 bits per heavy atom. The van der Waals surface area contributed by atoms with Gasteiger partial charge in [-0.05, 0) is 12.8 Å². The monoisotopic (exact) mass is 168 g/mol. The molecule has 0 spiro atoms. The molecule has 0 radical (unpaired) electrons. The third kappa shape index (κ3) is 1.80. The highest BCUT2D eigenvalue weighted by Gasteiger charge is 2.31. The van der Waals surface area contributed by atoms with E-state index in [9.17, 15) is 0 Å². The van der Waals surface area contributed by atoms with E-state index in [1.165, 1.54) is 45.3 Å². The van der Waals surface area contributed by atoms with Crippen LogP contribution in [0.25, 0.3) is 0 Å². The average molecular weight is 168 g/mol. The van der Waals surface area contributed by atoms with E-state index in [0.717, 1.165) is 6.04 Å². The summed E-state index contributed by atoms with van der Waals surface area (Å²) in [6.45, 7) is 5.98. The quantitative estimate of drug-likeness (QED) is 0.660. The smallest absolute Gasteiger partial charge is 0.00673 e. The highest BCUT2D eigenvalue weighted by molar-refractivity contribution is 4.91. The van der Waals surface area contributed by atoms with Gasteiger partial charge >= 0.3 is 0 Å². The first-order chi connectivity index (χ1) is 5.79. The molecule has 0 amide bonds. The van der Waals surface area contributed by atoms with Crippen molar-refractivity contribution in [2.75, 3.05) is 19.6 Å². The Kier molecular flexibility index (Phi) is 2.37. The van der Waals surface area contributed by atoms with Crippen LogP contribution in [0, 0.1) is 5.41 Å². The minimum atomic E-state index is 0.558. The van der Waals surface area contributed by atoms with Crippen molar-refractivity contribution >= 4 is 0 Å². The molecule has 2 nitrogen and oxygen atoms in total. The Labute approximate surface area is 75.1 Å². The van der Waals surface area contributed by atoms with Gasteiger partial charge in [0.2, 0.25) is 0 Å². The Morgan fingerprint density at radius 1 is 1.33 bits per heavy atom. The van der Waals surface area contributed by atoms with Crippen molar-refractivity contribution in [2.24, 2.45) is 5.41 Å². The van der Waals surface area contributed by atoms with Crippen LogP contribution in [0.3, 0.4) is 0 Å². The zero-order chi connectivity index (χ0) is 8.44. The molecule has 2 N–H and O–H groups in total. The molecule has 0 aromatic heterocycles. The van der Waals surface area contributed by atoms with E-state index in [-0.39, 0.29) is 0 Å². The molecule has 0 bridgehead atoms. The standard InChI is InChI=1S/C10H20N2/c1-10(6-11-7-10)8-12-9-4-2-3-5-9/h9,11-12H,2-8H2,1H3. The van der Waals surface area contributed by atoms with E-state index in [0.29, 0.717) is 5.41 Å². The Balaban J connectivity index is 1.67. The van der Waals surface area contributed by atoms with Crippen LogP contribution in [-0.4, -0.2) is 25.7 Å². The Morgan fingerprint density at radius 3 is 2.50 bits per heavy atom. The first-order valence-corrected chi connectivity index (χ1v) is 5.23. The van der Waals surface area contributed by atoms with Crippen LogP contribution in [0.4, 0.5) is 0 Å². The largest absolute Gasteiger partial charge is 0.315 e. The van der Waals surface area contributed by atoms with Crippen molar-refractivity contribution < 1.29 is 0 Å². The normalized spacial score (nSPS) is 28.8. The molecule has 2 rings (SSSR count). The first-order valence-electron chi connectivity index (χ1n) is 5.23. The number of rotatable bonds is 3. The topological polar surface area (TPSA) is 24.1 Å². The number of hydrogen-bond acceptors (Lipinski definition) is 2. The van der Waals surface area contributed by atoms with Crippen molar-refractivity contribution in [1.29, 1.82) is 0 Å². The van der Waals surface area contributed by atoms with Crippen molar-refractivity contribution in [3.63, 3.8) is 0 Å². The van der Waals surface area contributed by atoms with Crippen LogP contribution in [0.15, 0.2) is 0 Å². The van der Waals surface area contributed by atoms with Crippen LogP contribution in [0.2, 0.25) is 0 Å². The highest BCUT2D eigenvalue weighted by atomic mass is 15.0. The molecule has 0 unspecified atom stereocenters. The van der Waals surface area contributed by atoms with Crippen molar-refractivity contribution in [3.05, 3.63) is 0 Å². The summed E-state index contributed by atoms with van der Waals surface area (Å²) < 4.78 is 0. The molecule has 1 heterocycles. The minimum absolute atomic E-state index is 0.558. The molecule has 0 aromatic rings. The van der Waals surface area contributed by atoms with Gasteiger partial charge in [-0.2, -0.15) is 0 Å². The van der Waals surface area contributed by atoms with Gasteiger partial charge in [0.05, 0.1) is 0 Å². The fourth-order valence-electron chi connectivity index (χ4n) is 2.20. The molecule has 1 saturated heterocycles. The SMILES string of the molecule is CC1(CNC2CCCC2)CNC1. The predicted molar refractivity (Wildman–Crippen MR) is 51.2 cm³/mol. The molecule has 12 heavy (non-hydrogen) atoms. The summed E-state index contributed by atoms with van der Waals surface area (Å²) in [5, 5.41) is 7.02. The molecule has 2 fully saturated rings. The van der Waals surface area contributed by atoms with Gasteiger partial charge in [0.1, 0.15) is 0 Å². The fourth-order valence-corrected chi connectivity index (χ4v) is 2.20. The second-order valence-electron chi connectivity index (χ2n) is 4.78. The summed E-state index contributed by atoms with van der Waals surface area (Å²) in [7, 11) is 0. The van der Waals surface area contributed by atoms with Crippen LogP contribution in [0.5, 0.6) is 0 Å². The van der Waals surface area contributed by atoms with Gasteiger partial charge < -0.3 is 10.6 Å². The predicted octanol–water partition coefficient (Wildman–Crippen LogP) is 1.13. The van der Waals surface area contributed by atoms with E-state index in [2.05, 4.69) is 17.6 Å². The Bertz CT molecular complexity index is 146. The summed E-state index contributed by atoms with van der Waals surface area (Å²) >= 11 is 0. The lowest BCUT2D eigenvalue weighted by molar-refractivity contribution is 0.182. The van der Waals surface area contributed by atoms with Crippen molar-refractivity contribution in [2.45, 2.75) is 38.6 Å². The molecule has 70 valence electrons. The minimum Gasteiger partial charge on any atom is -0.315 e. The highest BCUT2D eigenvalue weighted by Crippen LogP contribution is 2.22. The van der Waals surface area contributed by atoms with Gasteiger partial charge in [-0.3, -0.25) is 0 Å². The van der Waals surface area contributed by atoms with Crippen LogP contribution in [0.1, 0.15) is 32.6 Å². The number of nitrogens with one attached hydrogen (secondary N) is 2. The van der Waals surface area contributed by atoms with E-state index >= 15 is 0 Å². The Hall–Kier alpha value is -0.0800. The molecule has 0 atom stereocenters. The van der Waals surface area contributed by atoms with Gasteiger partial charge in [0.25, 0.3) is 0 Å². The summed E-state index contributed by atoms with van der Waals surface area (Å²) in [4.78, 5) is 0. The summed E-state index contributed by atoms with van der Waals surface area (Å²) in [5.41, 5.74) is 0.558. The molecule has 2 aliphatic rings. The maximum Gasteiger partial charge on any atom is 0.00673 e. The zero-order valence-corrected chi connectivity index (χ0v) is 8.03. The summed E-state index contributed by atoms with van der Waals surface area (Å²) in [5.74, 6) is 0. The maximum absolute atomic E-state index is 3.68. The second kappa shape index (κ2) is 3.35. The van der Waals surface area contributed by atoms with Gasteiger partial charge in [-0.25, -0.2) is 0 Å². The maximum atomic E-state index is 3.68. The summed E-state index contributed by atoms with van der Waals surface area (Å²) in [6, 6.07) is 0.836. The van der Waals surface area contributed by atoms with Crippen LogP contribution < -0.4 is 10.6 Å². The van der Waals surface area contributed by atoms with Gasteiger partial charge in [0, 0.05) is 31.1 Å². The molecular formula is C10H20N2. The molecular weight excluding hydrogens is 148 g/mol. The van der Waals surface area contributed by atoms with E-state index < -0.39 is 0 Å². The van der Waals surface area contributed by atoms with Gasteiger partial charge in [0.15, 0.2) is 0 Å². The van der Waals surface area contributed by atoms with E-state index in [1.54, 1.807) is 0 Å². The second-order valence-corrected chi connectivity index (χ2v) is 4.78. The van der Waals surface area contributed by atoms with Gasteiger partial charge in [-0.1, -0.05) is 19.8 Å². The average Bonchev–Trinajstić information content (AvgIpc) is 2.49. The summed E-state index contributed by atoms with van der Waals surface area (Å²) in [6.07, 6.45) is 5.69. The molecule has 2 heteroatoms. The van der Waals surface area contributed by atoms with E-state index in [1.807, 2.05) is 0 Å². The van der Waals surface area contributed by atoms with E-state index in [4.69, 9.17) is 0 Å². The molecule has 1 saturated carbocycles. The molecule has 1 aliphatic heterocycles. The first kappa shape index (κ1) is 8.52. The lowest BCUT2D eigenvalue weighted by atomic mass is 9.84. The van der Waals surface area contributed by atoms with Crippen molar-refractivity contribution in [3.8, 4) is 0 Å². The fraction of sp³-hybridized carbons (Fsp3) is 1.00. The van der Waals surface area contributed by atoms with Gasteiger partial charge in [-0.15, -0.1) is 0 Å².